The summed E-state index contributed by atoms with van der Waals surface area (Å²) in [5.74, 6) is 0.844. The van der Waals surface area contributed by atoms with Crippen LogP contribution >= 0.6 is 0 Å². The van der Waals surface area contributed by atoms with Gasteiger partial charge in [-0.1, -0.05) is 19.3 Å². The van der Waals surface area contributed by atoms with Crippen molar-refractivity contribution >= 4 is 6.09 Å². The number of nitrogens with one attached hydrogen (secondary N) is 2. The summed E-state index contributed by atoms with van der Waals surface area (Å²) >= 11 is 0. The number of alkyl carbamates (subject to hydrolysis) is 1. The summed E-state index contributed by atoms with van der Waals surface area (Å²) in [5, 5.41) is 6.50. The van der Waals surface area contributed by atoms with E-state index in [1.807, 2.05) is 20.8 Å². The molecule has 0 radical (unpaired) electrons. The molecule has 2 aliphatic carbocycles. The Kier molecular flexibility index (Phi) is 4.71. The molecule has 0 aromatic heterocycles. The monoisotopic (exact) mass is 268 g/mol. The van der Waals surface area contributed by atoms with Crippen molar-refractivity contribution in [3.8, 4) is 0 Å². The zero-order chi connectivity index (χ0) is 13.9. The number of carbonyl (C=O) groups is 1. The van der Waals surface area contributed by atoms with Gasteiger partial charge in [0.2, 0.25) is 0 Å². The van der Waals surface area contributed by atoms with Gasteiger partial charge in [0.25, 0.3) is 0 Å². The number of ether oxygens (including phenoxy) is 1. The molecule has 0 heterocycles. The molecule has 2 atom stereocenters. The molecule has 0 aliphatic heterocycles. The highest BCUT2D eigenvalue weighted by molar-refractivity contribution is 5.68. The van der Waals surface area contributed by atoms with Gasteiger partial charge in [0, 0.05) is 12.1 Å². The lowest BCUT2D eigenvalue weighted by Gasteiger charge is -2.22. The fraction of sp³-hybridized carbons (Fsp3) is 0.933. The highest BCUT2D eigenvalue weighted by atomic mass is 16.6. The topological polar surface area (TPSA) is 50.4 Å². The Morgan fingerprint density at radius 3 is 2.47 bits per heavy atom. The second-order valence-corrected chi connectivity index (χ2v) is 7.01. The lowest BCUT2D eigenvalue weighted by atomic mass is 9.89. The maximum Gasteiger partial charge on any atom is 0.407 e. The Morgan fingerprint density at radius 2 is 1.84 bits per heavy atom. The van der Waals surface area contributed by atoms with E-state index in [0.717, 1.165) is 18.9 Å². The first-order chi connectivity index (χ1) is 8.94. The Labute approximate surface area is 116 Å². The van der Waals surface area contributed by atoms with Crippen LogP contribution in [0.25, 0.3) is 0 Å². The second-order valence-electron chi connectivity index (χ2n) is 7.01. The molecule has 2 fully saturated rings. The molecule has 4 heteroatoms. The third-order valence-electron chi connectivity index (χ3n) is 3.89. The molecule has 2 aliphatic rings. The van der Waals surface area contributed by atoms with Gasteiger partial charge in [0.15, 0.2) is 0 Å². The van der Waals surface area contributed by atoms with Gasteiger partial charge < -0.3 is 15.4 Å². The first-order valence-corrected chi connectivity index (χ1v) is 7.67. The van der Waals surface area contributed by atoms with Crippen LogP contribution in [0.15, 0.2) is 0 Å². The first kappa shape index (κ1) is 14.6. The van der Waals surface area contributed by atoms with E-state index in [-0.39, 0.29) is 12.1 Å². The zero-order valence-corrected chi connectivity index (χ0v) is 12.5. The molecule has 0 spiro atoms. The molecule has 2 rings (SSSR count). The Bertz CT molecular complexity index is 306. The quantitative estimate of drug-likeness (QED) is 0.824. The van der Waals surface area contributed by atoms with Crippen LogP contribution in [0, 0.1) is 5.92 Å². The number of hydrogen-bond acceptors (Lipinski definition) is 3. The van der Waals surface area contributed by atoms with E-state index < -0.39 is 5.60 Å². The zero-order valence-electron chi connectivity index (χ0n) is 12.5. The summed E-state index contributed by atoms with van der Waals surface area (Å²) in [7, 11) is 0. The standard InChI is InChI=1S/C15H28N2O2/c1-15(2,3)19-14(18)17-13-9-12(13)16-10-11-7-5-4-6-8-11/h11-13,16H,4-10H2,1-3H3,(H,17,18). The summed E-state index contributed by atoms with van der Waals surface area (Å²) in [4.78, 5) is 11.6. The summed E-state index contributed by atoms with van der Waals surface area (Å²) in [6.45, 7) is 6.77. The largest absolute Gasteiger partial charge is 0.444 e. The van der Waals surface area contributed by atoms with E-state index in [1.54, 1.807) is 0 Å². The smallest absolute Gasteiger partial charge is 0.407 e. The van der Waals surface area contributed by atoms with Gasteiger partial charge in [-0.15, -0.1) is 0 Å². The maximum absolute atomic E-state index is 11.6. The van der Waals surface area contributed by atoms with Crippen molar-refractivity contribution in [2.45, 2.75) is 77.0 Å². The van der Waals surface area contributed by atoms with Gasteiger partial charge in [0.05, 0.1) is 0 Å². The molecule has 2 N–H and O–H groups in total. The molecule has 0 aromatic rings. The number of rotatable bonds is 4. The summed E-state index contributed by atoms with van der Waals surface area (Å²) < 4.78 is 5.25. The number of hydrogen-bond donors (Lipinski definition) is 2. The Morgan fingerprint density at radius 1 is 1.16 bits per heavy atom. The van der Waals surface area contributed by atoms with E-state index in [4.69, 9.17) is 4.74 Å². The van der Waals surface area contributed by atoms with Crippen molar-refractivity contribution in [2.75, 3.05) is 6.54 Å². The van der Waals surface area contributed by atoms with Crippen molar-refractivity contribution in [3.63, 3.8) is 0 Å². The van der Waals surface area contributed by atoms with Crippen molar-refractivity contribution in [1.29, 1.82) is 0 Å². The van der Waals surface area contributed by atoms with Crippen LogP contribution in [0.4, 0.5) is 4.79 Å². The van der Waals surface area contributed by atoms with Gasteiger partial charge in [-0.2, -0.15) is 0 Å². The fourth-order valence-corrected chi connectivity index (χ4v) is 2.75. The highest BCUT2D eigenvalue weighted by Crippen LogP contribution is 2.26. The van der Waals surface area contributed by atoms with Crippen LogP contribution in [0.5, 0.6) is 0 Å². The van der Waals surface area contributed by atoms with Crippen LogP contribution < -0.4 is 10.6 Å². The minimum Gasteiger partial charge on any atom is -0.444 e. The average Bonchev–Trinajstić information content (AvgIpc) is 3.03. The highest BCUT2D eigenvalue weighted by Gasteiger charge is 2.39. The summed E-state index contributed by atoms with van der Waals surface area (Å²) in [6.07, 6.45) is 7.65. The molecule has 19 heavy (non-hydrogen) atoms. The summed E-state index contributed by atoms with van der Waals surface area (Å²) in [6, 6.07) is 0.716. The van der Waals surface area contributed by atoms with E-state index in [1.165, 1.54) is 32.1 Å². The number of amides is 1. The van der Waals surface area contributed by atoms with Crippen molar-refractivity contribution < 1.29 is 9.53 Å². The predicted molar refractivity (Wildman–Crippen MR) is 76.1 cm³/mol. The molecule has 1 amide bonds. The molecular formula is C15H28N2O2. The maximum atomic E-state index is 11.6. The van der Waals surface area contributed by atoms with E-state index in [0.29, 0.717) is 6.04 Å². The lowest BCUT2D eigenvalue weighted by molar-refractivity contribution is 0.0522. The van der Waals surface area contributed by atoms with Crippen molar-refractivity contribution in [2.24, 2.45) is 5.92 Å². The van der Waals surface area contributed by atoms with Gasteiger partial charge in [-0.25, -0.2) is 4.79 Å². The van der Waals surface area contributed by atoms with Crippen LogP contribution in [-0.2, 0) is 4.74 Å². The van der Waals surface area contributed by atoms with E-state index in [2.05, 4.69) is 10.6 Å². The van der Waals surface area contributed by atoms with Crippen LogP contribution in [0.1, 0.15) is 59.3 Å². The molecule has 0 bridgehead atoms. The fourth-order valence-electron chi connectivity index (χ4n) is 2.75. The van der Waals surface area contributed by atoms with Crippen LogP contribution in [0.2, 0.25) is 0 Å². The molecule has 0 saturated heterocycles. The van der Waals surface area contributed by atoms with Gasteiger partial charge >= 0.3 is 6.09 Å². The molecule has 2 unspecified atom stereocenters. The van der Waals surface area contributed by atoms with Crippen LogP contribution in [-0.4, -0.2) is 30.3 Å². The lowest BCUT2D eigenvalue weighted by Crippen LogP contribution is -2.37. The molecule has 0 aromatic carbocycles. The number of carbonyl (C=O) groups excluding carboxylic acids is 1. The van der Waals surface area contributed by atoms with Crippen molar-refractivity contribution in [3.05, 3.63) is 0 Å². The first-order valence-electron chi connectivity index (χ1n) is 7.67. The Hall–Kier alpha value is -0.770. The third-order valence-corrected chi connectivity index (χ3v) is 3.89. The SMILES string of the molecule is CC(C)(C)OC(=O)NC1CC1NCC1CCCCC1. The predicted octanol–water partition coefficient (Wildman–Crippen LogP) is 2.82. The molecule has 110 valence electrons. The minimum absolute atomic E-state index is 0.262. The van der Waals surface area contributed by atoms with Crippen molar-refractivity contribution in [1.82, 2.24) is 10.6 Å². The summed E-state index contributed by atoms with van der Waals surface area (Å²) in [5.41, 5.74) is -0.413. The van der Waals surface area contributed by atoms with Gasteiger partial charge in [0.1, 0.15) is 5.60 Å². The molecular weight excluding hydrogens is 240 g/mol. The van der Waals surface area contributed by atoms with E-state index >= 15 is 0 Å². The average molecular weight is 268 g/mol. The molecule has 4 nitrogen and oxygen atoms in total. The molecule has 2 saturated carbocycles. The van der Waals surface area contributed by atoms with Gasteiger partial charge in [-0.3, -0.25) is 0 Å². The van der Waals surface area contributed by atoms with Gasteiger partial charge in [-0.05, 0) is 52.5 Å². The third kappa shape index (κ3) is 5.39. The normalized spacial score (nSPS) is 27.9. The van der Waals surface area contributed by atoms with E-state index in [9.17, 15) is 4.79 Å². The minimum atomic E-state index is -0.413. The van der Waals surface area contributed by atoms with Crippen LogP contribution in [0.3, 0.4) is 0 Å². The Balaban J connectivity index is 1.58. The second kappa shape index (κ2) is 6.12.